The molecule has 1 aromatic carbocycles. The summed E-state index contributed by atoms with van der Waals surface area (Å²) >= 11 is 0. The van der Waals surface area contributed by atoms with Gasteiger partial charge in [-0.05, 0) is 11.1 Å². The van der Waals surface area contributed by atoms with Crippen LogP contribution in [0, 0.1) is 0 Å². The SMILES string of the molecule is c1ccc2c(c1)COC(CC1CO1)OC2. The molecule has 0 saturated carbocycles. The van der Waals surface area contributed by atoms with E-state index in [0.717, 1.165) is 13.0 Å². The van der Waals surface area contributed by atoms with Crippen LogP contribution in [-0.4, -0.2) is 19.0 Å². The van der Waals surface area contributed by atoms with Crippen molar-refractivity contribution in [2.75, 3.05) is 6.61 Å². The number of epoxide rings is 1. The zero-order valence-corrected chi connectivity index (χ0v) is 8.52. The summed E-state index contributed by atoms with van der Waals surface area (Å²) in [7, 11) is 0. The van der Waals surface area contributed by atoms with Crippen LogP contribution in [0.1, 0.15) is 17.5 Å². The molecule has 0 spiro atoms. The van der Waals surface area contributed by atoms with Crippen molar-refractivity contribution in [3.63, 3.8) is 0 Å². The van der Waals surface area contributed by atoms with Gasteiger partial charge < -0.3 is 14.2 Å². The first-order chi connectivity index (χ1) is 7.42. The van der Waals surface area contributed by atoms with Gasteiger partial charge in [-0.15, -0.1) is 0 Å². The Kier molecular flexibility index (Phi) is 2.44. The first-order valence-corrected chi connectivity index (χ1v) is 5.33. The van der Waals surface area contributed by atoms with E-state index in [1.807, 2.05) is 12.1 Å². The fourth-order valence-corrected chi connectivity index (χ4v) is 1.81. The molecule has 1 atom stereocenters. The highest BCUT2D eigenvalue weighted by molar-refractivity contribution is 5.26. The number of benzene rings is 1. The maximum Gasteiger partial charge on any atom is 0.161 e. The minimum atomic E-state index is -0.107. The molecule has 0 bridgehead atoms. The molecule has 80 valence electrons. The lowest BCUT2D eigenvalue weighted by Gasteiger charge is -2.13. The molecule has 2 aliphatic heterocycles. The Hall–Kier alpha value is -0.900. The zero-order valence-electron chi connectivity index (χ0n) is 8.52. The predicted molar refractivity (Wildman–Crippen MR) is 54.2 cm³/mol. The van der Waals surface area contributed by atoms with Crippen molar-refractivity contribution in [3.8, 4) is 0 Å². The van der Waals surface area contributed by atoms with Crippen LogP contribution in [0.5, 0.6) is 0 Å². The zero-order chi connectivity index (χ0) is 10.1. The van der Waals surface area contributed by atoms with Crippen LogP contribution in [0.25, 0.3) is 0 Å². The lowest BCUT2D eigenvalue weighted by Crippen LogP contribution is -2.16. The molecule has 2 aliphatic rings. The van der Waals surface area contributed by atoms with E-state index in [9.17, 15) is 0 Å². The van der Waals surface area contributed by atoms with E-state index in [2.05, 4.69) is 12.1 Å². The lowest BCUT2D eigenvalue weighted by molar-refractivity contribution is -0.154. The van der Waals surface area contributed by atoms with Gasteiger partial charge in [0.1, 0.15) is 0 Å². The van der Waals surface area contributed by atoms with Gasteiger partial charge in [-0.1, -0.05) is 24.3 Å². The minimum Gasteiger partial charge on any atom is -0.373 e. The third-order valence-electron chi connectivity index (χ3n) is 2.83. The fraction of sp³-hybridized carbons (Fsp3) is 0.500. The molecular weight excluding hydrogens is 192 g/mol. The summed E-state index contributed by atoms with van der Waals surface area (Å²) < 4.78 is 16.5. The molecule has 15 heavy (non-hydrogen) atoms. The fourth-order valence-electron chi connectivity index (χ4n) is 1.81. The van der Waals surface area contributed by atoms with E-state index < -0.39 is 0 Å². The highest BCUT2D eigenvalue weighted by Gasteiger charge is 2.28. The van der Waals surface area contributed by atoms with Gasteiger partial charge in [0.15, 0.2) is 6.29 Å². The van der Waals surface area contributed by atoms with Crippen molar-refractivity contribution in [1.82, 2.24) is 0 Å². The van der Waals surface area contributed by atoms with Crippen molar-refractivity contribution in [3.05, 3.63) is 35.4 Å². The average Bonchev–Trinajstić information content (AvgIpc) is 3.07. The Morgan fingerprint density at radius 3 is 2.13 bits per heavy atom. The number of hydrogen-bond donors (Lipinski definition) is 0. The summed E-state index contributed by atoms with van der Waals surface area (Å²) in [5.74, 6) is 0. The molecule has 1 saturated heterocycles. The van der Waals surface area contributed by atoms with Crippen LogP contribution in [0.2, 0.25) is 0 Å². The van der Waals surface area contributed by atoms with E-state index in [4.69, 9.17) is 14.2 Å². The first kappa shape index (κ1) is 9.33. The molecule has 3 nitrogen and oxygen atoms in total. The summed E-state index contributed by atoms with van der Waals surface area (Å²) in [6.45, 7) is 2.15. The molecule has 1 fully saturated rings. The molecule has 0 N–H and O–H groups in total. The summed E-state index contributed by atoms with van der Waals surface area (Å²) in [6.07, 6.45) is 1.11. The Bertz CT molecular complexity index is 319. The Morgan fingerprint density at radius 2 is 1.60 bits per heavy atom. The number of hydrogen-bond acceptors (Lipinski definition) is 3. The second-order valence-corrected chi connectivity index (χ2v) is 4.01. The summed E-state index contributed by atoms with van der Waals surface area (Å²) in [5, 5.41) is 0. The lowest BCUT2D eigenvalue weighted by atomic mass is 10.1. The molecular formula is C12H14O3. The standard InChI is InChI=1S/C12H14O3/c1-2-4-10-7-15-12(5-11-8-13-11)14-6-9(10)3-1/h1-4,11-12H,5-8H2. The molecule has 3 rings (SSSR count). The molecule has 0 amide bonds. The number of fused-ring (bicyclic) bond motifs is 1. The second-order valence-electron chi connectivity index (χ2n) is 4.01. The van der Waals surface area contributed by atoms with E-state index in [1.54, 1.807) is 0 Å². The smallest absolute Gasteiger partial charge is 0.161 e. The van der Waals surface area contributed by atoms with E-state index in [-0.39, 0.29) is 6.29 Å². The largest absolute Gasteiger partial charge is 0.373 e. The summed E-state index contributed by atoms with van der Waals surface area (Å²) in [5.41, 5.74) is 2.47. The van der Waals surface area contributed by atoms with Crippen molar-refractivity contribution in [2.24, 2.45) is 0 Å². The van der Waals surface area contributed by atoms with Gasteiger partial charge in [0.2, 0.25) is 0 Å². The maximum absolute atomic E-state index is 5.68. The number of rotatable bonds is 2. The van der Waals surface area contributed by atoms with Crippen molar-refractivity contribution >= 4 is 0 Å². The number of ether oxygens (including phenoxy) is 3. The topological polar surface area (TPSA) is 31.0 Å². The monoisotopic (exact) mass is 206 g/mol. The Labute approximate surface area is 89.0 Å². The molecule has 0 radical (unpaired) electrons. The van der Waals surface area contributed by atoms with Crippen LogP contribution >= 0.6 is 0 Å². The van der Waals surface area contributed by atoms with Gasteiger partial charge in [0.25, 0.3) is 0 Å². The van der Waals surface area contributed by atoms with Gasteiger partial charge >= 0.3 is 0 Å². The Morgan fingerprint density at radius 1 is 1.00 bits per heavy atom. The molecule has 1 unspecified atom stereocenters. The van der Waals surface area contributed by atoms with Gasteiger partial charge in [-0.25, -0.2) is 0 Å². The summed E-state index contributed by atoms with van der Waals surface area (Å²) in [6, 6.07) is 8.25. The Balaban J connectivity index is 1.68. The average molecular weight is 206 g/mol. The predicted octanol–water partition coefficient (Wildman–Crippen LogP) is 1.85. The molecule has 0 aliphatic carbocycles. The van der Waals surface area contributed by atoms with E-state index in [1.165, 1.54) is 11.1 Å². The van der Waals surface area contributed by atoms with Crippen LogP contribution in [-0.2, 0) is 27.4 Å². The van der Waals surface area contributed by atoms with E-state index in [0.29, 0.717) is 19.3 Å². The van der Waals surface area contributed by atoms with Crippen LogP contribution in [0.15, 0.2) is 24.3 Å². The van der Waals surface area contributed by atoms with Crippen LogP contribution in [0.3, 0.4) is 0 Å². The van der Waals surface area contributed by atoms with Gasteiger partial charge in [0, 0.05) is 6.42 Å². The molecule has 3 heteroatoms. The van der Waals surface area contributed by atoms with E-state index >= 15 is 0 Å². The molecule has 2 heterocycles. The van der Waals surface area contributed by atoms with Gasteiger partial charge in [-0.2, -0.15) is 0 Å². The highest BCUT2D eigenvalue weighted by atomic mass is 16.7. The summed E-state index contributed by atoms with van der Waals surface area (Å²) in [4.78, 5) is 0. The highest BCUT2D eigenvalue weighted by Crippen LogP contribution is 2.23. The van der Waals surface area contributed by atoms with Gasteiger partial charge in [0.05, 0.1) is 25.9 Å². The van der Waals surface area contributed by atoms with Crippen LogP contribution in [0.4, 0.5) is 0 Å². The first-order valence-electron chi connectivity index (χ1n) is 5.33. The third kappa shape index (κ3) is 2.20. The quantitative estimate of drug-likeness (QED) is 0.692. The normalized spacial score (nSPS) is 25.7. The second kappa shape index (κ2) is 3.93. The third-order valence-corrected chi connectivity index (χ3v) is 2.83. The van der Waals surface area contributed by atoms with Gasteiger partial charge in [-0.3, -0.25) is 0 Å². The maximum atomic E-state index is 5.68. The van der Waals surface area contributed by atoms with Crippen molar-refractivity contribution < 1.29 is 14.2 Å². The minimum absolute atomic E-state index is 0.107. The van der Waals surface area contributed by atoms with Crippen LogP contribution < -0.4 is 0 Å². The van der Waals surface area contributed by atoms with Crippen molar-refractivity contribution in [2.45, 2.75) is 32.0 Å². The molecule has 1 aromatic rings. The molecule has 0 aromatic heterocycles. The van der Waals surface area contributed by atoms with Crippen molar-refractivity contribution in [1.29, 1.82) is 0 Å².